The molecule has 0 bridgehead atoms. The lowest BCUT2D eigenvalue weighted by molar-refractivity contribution is 0.0613. The van der Waals surface area contributed by atoms with Crippen molar-refractivity contribution in [3.63, 3.8) is 0 Å². The zero-order chi connectivity index (χ0) is 14.4. The molecule has 1 atom stereocenters. The second kappa shape index (κ2) is 7.26. The zero-order valence-corrected chi connectivity index (χ0v) is 11.7. The normalized spacial score (nSPS) is 18.0. The minimum atomic E-state index is 0.0459. The van der Waals surface area contributed by atoms with Crippen LogP contribution in [0.25, 0.3) is 0 Å². The number of oxime groups is 1. The van der Waals surface area contributed by atoms with Gasteiger partial charge in [0.05, 0.1) is 6.61 Å². The lowest BCUT2D eigenvalue weighted by atomic mass is 9.88. The highest BCUT2D eigenvalue weighted by atomic mass is 16.4. The van der Waals surface area contributed by atoms with E-state index in [1.54, 1.807) is 0 Å². The Bertz CT molecular complexity index is 432. The third kappa shape index (κ3) is 3.49. The molecule has 0 heterocycles. The molecule has 2 rings (SSSR count). The summed E-state index contributed by atoms with van der Waals surface area (Å²) in [6, 6.07) is 10.6. The Kier molecular flexibility index (Phi) is 5.38. The van der Waals surface area contributed by atoms with Crippen LogP contribution >= 0.6 is 0 Å². The summed E-state index contributed by atoms with van der Waals surface area (Å²) in [7, 11) is 0. The number of aliphatic hydroxyl groups excluding tert-OH is 1. The van der Waals surface area contributed by atoms with Crippen molar-refractivity contribution in [2.45, 2.75) is 37.8 Å². The number of amidine groups is 1. The molecule has 0 aromatic heterocycles. The summed E-state index contributed by atoms with van der Waals surface area (Å²) in [5, 5.41) is 21.3. The number of aliphatic hydroxyl groups is 1. The third-order valence-electron chi connectivity index (χ3n) is 4.02. The fourth-order valence-corrected chi connectivity index (χ4v) is 2.77. The van der Waals surface area contributed by atoms with Crippen LogP contribution in [-0.2, 0) is 0 Å². The summed E-state index contributed by atoms with van der Waals surface area (Å²) in [5.41, 5.74) is 6.85. The standard InChI is InChI=1S/C15H23N3O2/c16-15(17-20)11-14(12-5-2-1-3-6-12)18(9-10-19)13-7-4-8-13/h1-3,5-6,13-14,19-20H,4,7-11H2,(H2,16,17). The molecule has 1 aliphatic rings. The van der Waals surface area contributed by atoms with E-state index in [0.717, 1.165) is 18.4 Å². The number of benzene rings is 1. The van der Waals surface area contributed by atoms with Crippen molar-refractivity contribution in [1.82, 2.24) is 4.90 Å². The Morgan fingerprint density at radius 3 is 2.55 bits per heavy atom. The molecular formula is C15H23N3O2. The molecule has 1 aromatic carbocycles. The SMILES string of the molecule is N/C(CC(c1ccccc1)N(CCO)C1CCC1)=N/O. The van der Waals surface area contributed by atoms with E-state index < -0.39 is 0 Å². The van der Waals surface area contributed by atoms with Gasteiger partial charge in [-0.05, 0) is 18.4 Å². The zero-order valence-electron chi connectivity index (χ0n) is 11.7. The number of rotatable bonds is 7. The van der Waals surface area contributed by atoms with E-state index in [0.29, 0.717) is 19.0 Å². The maximum Gasteiger partial charge on any atom is 0.141 e. The van der Waals surface area contributed by atoms with Crippen LogP contribution in [0.1, 0.15) is 37.3 Å². The first-order valence-electron chi connectivity index (χ1n) is 7.14. The second-order valence-electron chi connectivity index (χ2n) is 5.27. The van der Waals surface area contributed by atoms with Gasteiger partial charge in [0.2, 0.25) is 0 Å². The number of nitrogens with two attached hydrogens (primary N) is 1. The van der Waals surface area contributed by atoms with Crippen LogP contribution in [0.4, 0.5) is 0 Å². The molecule has 4 N–H and O–H groups in total. The van der Waals surface area contributed by atoms with Crippen molar-refractivity contribution in [3.05, 3.63) is 35.9 Å². The quantitative estimate of drug-likeness (QED) is 0.307. The third-order valence-corrected chi connectivity index (χ3v) is 4.02. The van der Waals surface area contributed by atoms with Gasteiger partial charge in [-0.15, -0.1) is 0 Å². The van der Waals surface area contributed by atoms with Crippen molar-refractivity contribution in [2.75, 3.05) is 13.2 Å². The van der Waals surface area contributed by atoms with Crippen LogP contribution in [0.3, 0.4) is 0 Å². The van der Waals surface area contributed by atoms with Crippen LogP contribution in [0.15, 0.2) is 35.5 Å². The fraction of sp³-hybridized carbons (Fsp3) is 0.533. The first kappa shape index (κ1) is 14.8. The molecule has 0 amide bonds. The minimum absolute atomic E-state index is 0.0459. The predicted octanol–water partition coefficient (Wildman–Crippen LogP) is 1.71. The first-order valence-corrected chi connectivity index (χ1v) is 7.14. The highest BCUT2D eigenvalue weighted by Crippen LogP contribution is 2.33. The molecule has 1 aromatic rings. The summed E-state index contributed by atoms with van der Waals surface area (Å²) in [6.45, 7) is 0.735. The molecular weight excluding hydrogens is 254 g/mol. The van der Waals surface area contributed by atoms with E-state index in [-0.39, 0.29) is 18.5 Å². The summed E-state index contributed by atoms with van der Waals surface area (Å²) in [6.07, 6.45) is 4.01. The van der Waals surface area contributed by atoms with Gasteiger partial charge in [0.1, 0.15) is 5.84 Å². The van der Waals surface area contributed by atoms with Gasteiger partial charge in [0.15, 0.2) is 0 Å². The Morgan fingerprint density at radius 1 is 1.35 bits per heavy atom. The monoisotopic (exact) mass is 277 g/mol. The predicted molar refractivity (Wildman–Crippen MR) is 78.6 cm³/mol. The lowest BCUT2D eigenvalue weighted by Crippen LogP contribution is -2.45. The Balaban J connectivity index is 2.23. The largest absolute Gasteiger partial charge is 0.409 e. The molecule has 1 unspecified atom stereocenters. The van der Waals surface area contributed by atoms with E-state index in [1.165, 1.54) is 6.42 Å². The topological polar surface area (TPSA) is 82.1 Å². The maximum atomic E-state index is 9.34. The van der Waals surface area contributed by atoms with Gasteiger partial charge in [-0.2, -0.15) is 0 Å². The summed E-state index contributed by atoms with van der Waals surface area (Å²) in [4.78, 5) is 2.29. The minimum Gasteiger partial charge on any atom is -0.409 e. The summed E-state index contributed by atoms with van der Waals surface area (Å²) < 4.78 is 0. The smallest absolute Gasteiger partial charge is 0.141 e. The van der Waals surface area contributed by atoms with Gasteiger partial charge in [-0.25, -0.2) is 0 Å². The molecule has 110 valence electrons. The lowest BCUT2D eigenvalue weighted by Gasteiger charge is -2.42. The number of hydrogen-bond acceptors (Lipinski definition) is 4. The molecule has 0 radical (unpaired) electrons. The highest BCUT2D eigenvalue weighted by Gasteiger charge is 2.31. The second-order valence-corrected chi connectivity index (χ2v) is 5.27. The van der Waals surface area contributed by atoms with Gasteiger partial charge >= 0.3 is 0 Å². The summed E-state index contributed by atoms with van der Waals surface area (Å²) >= 11 is 0. The van der Waals surface area contributed by atoms with Gasteiger partial charge < -0.3 is 16.0 Å². The molecule has 5 heteroatoms. The molecule has 1 fully saturated rings. The molecule has 0 spiro atoms. The Labute approximate surface area is 119 Å². The Hall–Kier alpha value is -1.59. The van der Waals surface area contributed by atoms with Crippen LogP contribution < -0.4 is 5.73 Å². The van der Waals surface area contributed by atoms with Crippen molar-refractivity contribution >= 4 is 5.84 Å². The van der Waals surface area contributed by atoms with Crippen molar-refractivity contribution in [1.29, 1.82) is 0 Å². The molecule has 0 saturated heterocycles. The van der Waals surface area contributed by atoms with E-state index >= 15 is 0 Å². The Morgan fingerprint density at radius 2 is 2.05 bits per heavy atom. The highest BCUT2D eigenvalue weighted by molar-refractivity contribution is 5.80. The number of nitrogens with zero attached hydrogens (tertiary/aromatic N) is 2. The van der Waals surface area contributed by atoms with Crippen molar-refractivity contribution < 1.29 is 10.3 Å². The van der Waals surface area contributed by atoms with Gasteiger partial charge in [-0.3, -0.25) is 4.90 Å². The molecule has 1 aliphatic carbocycles. The fourth-order valence-electron chi connectivity index (χ4n) is 2.77. The molecule has 0 aliphatic heterocycles. The van der Waals surface area contributed by atoms with Crippen LogP contribution in [0.5, 0.6) is 0 Å². The van der Waals surface area contributed by atoms with Gasteiger partial charge in [0, 0.05) is 25.0 Å². The average Bonchev–Trinajstić information content (AvgIpc) is 2.43. The summed E-state index contributed by atoms with van der Waals surface area (Å²) in [5.74, 6) is 0.223. The van der Waals surface area contributed by atoms with Crippen molar-refractivity contribution in [2.24, 2.45) is 10.9 Å². The van der Waals surface area contributed by atoms with E-state index in [9.17, 15) is 5.11 Å². The van der Waals surface area contributed by atoms with Crippen LogP contribution in [0, 0.1) is 0 Å². The van der Waals surface area contributed by atoms with E-state index in [4.69, 9.17) is 10.9 Å². The maximum absolute atomic E-state index is 9.34. The molecule has 5 nitrogen and oxygen atoms in total. The molecule has 20 heavy (non-hydrogen) atoms. The van der Waals surface area contributed by atoms with Gasteiger partial charge in [-0.1, -0.05) is 41.9 Å². The average molecular weight is 277 g/mol. The first-order chi connectivity index (χ1) is 9.76. The number of hydrogen-bond donors (Lipinski definition) is 3. The van der Waals surface area contributed by atoms with E-state index in [1.807, 2.05) is 18.2 Å². The van der Waals surface area contributed by atoms with Gasteiger partial charge in [0.25, 0.3) is 0 Å². The van der Waals surface area contributed by atoms with Crippen LogP contribution in [-0.4, -0.2) is 40.2 Å². The van der Waals surface area contributed by atoms with E-state index in [2.05, 4.69) is 22.2 Å². The van der Waals surface area contributed by atoms with Crippen molar-refractivity contribution in [3.8, 4) is 0 Å². The van der Waals surface area contributed by atoms with Crippen LogP contribution in [0.2, 0.25) is 0 Å². The molecule has 1 saturated carbocycles.